The molecule has 3 aromatic rings. The molecule has 0 fully saturated rings. The van der Waals surface area contributed by atoms with Crippen molar-refractivity contribution in [2.24, 2.45) is 12.2 Å². The van der Waals surface area contributed by atoms with E-state index in [1.54, 1.807) is 31.4 Å². The Bertz CT molecular complexity index is 1220. The van der Waals surface area contributed by atoms with Crippen LogP contribution in [0, 0.1) is 6.92 Å². The highest BCUT2D eigenvalue weighted by Gasteiger charge is 2.21. The lowest BCUT2D eigenvalue weighted by atomic mass is 9.83. The Kier molecular flexibility index (Phi) is 8.34. The number of nitrogens with zero attached hydrogens (tertiary/aromatic N) is 2. The van der Waals surface area contributed by atoms with Gasteiger partial charge in [-0.15, -0.1) is 0 Å². The molecule has 0 aliphatic rings. The van der Waals surface area contributed by atoms with Crippen molar-refractivity contribution in [3.63, 3.8) is 0 Å². The standard InChI is InChI=1S/C26H29N3O5/c1-17-5-3-4-6-22(17)23(13-24(28-34)20-11-12-25(32)29(2)15-20)18-7-9-19(10-8-18)26(33)27-14-21(31)16-30/h3-12,15,21,23,30-31,34H,13-14,16H2,1-2H3,(H,27,33)/b28-24+/t21-,23?/m1/s1. The van der Waals surface area contributed by atoms with Crippen LogP contribution in [0.15, 0.2) is 76.8 Å². The third-order valence-corrected chi connectivity index (χ3v) is 5.79. The van der Waals surface area contributed by atoms with E-state index in [1.807, 2.05) is 43.3 Å². The topological polar surface area (TPSA) is 124 Å². The minimum atomic E-state index is -1.01. The fourth-order valence-electron chi connectivity index (χ4n) is 3.80. The van der Waals surface area contributed by atoms with Crippen molar-refractivity contribution in [1.29, 1.82) is 0 Å². The highest BCUT2D eigenvalue weighted by Crippen LogP contribution is 2.32. The fourth-order valence-corrected chi connectivity index (χ4v) is 3.80. The number of carbonyl (C=O) groups is 1. The summed E-state index contributed by atoms with van der Waals surface area (Å²) in [5.74, 6) is -0.521. The van der Waals surface area contributed by atoms with Gasteiger partial charge in [0.05, 0.1) is 18.4 Å². The molecule has 2 aromatic carbocycles. The molecule has 3 rings (SSSR count). The number of pyridine rings is 1. The normalized spacial score (nSPS) is 13.4. The van der Waals surface area contributed by atoms with Crippen molar-refractivity contribution in [1.82, 2.24) is 9.88 Å². The van der Waals surface area contributed by atoms with Crippen LogP contribution in [0.1, 0.15) is 45.0 Å². The molecule has 178 valence electrons. The minimum absolute atomic E-state index is 0.0428. The lowest BCUT2D eigenvalue weighted by molar-refractivity contribution is 0.0802. The first-order chi connectivity index (χ1) is 16.3. The van der Waals surface area contributed by atoms with E-state index in [-0.39, 0.29) is 23.9 Å². The van der Waals surface area contributed by atoms with Gasteiger partial charge in [0.15, 0.2) is 0 Å². The third kappa shape index (κ3) is 5.98. The van der Waals surface area contributed by atoms with Crippen LogP contribution in [0.25, 0.3) is 0 Å². The predicted molar refractivity (Wildman–Crippen MR) is 130 cm³/mol. The molecule has 8 nitrogen and oxygen atoms in total. The van der Waals surface area contributed by atoms with Gasteiger partial charge in [0.1, 0.15) is 0 Å². The zero-order chi connectivity index (χ0) is 24.7. The molecular weight excluding hydrogens is 434 g/mol. The van der Waals surface area contributed by atoms with E-state index in [9.17, 15) is 19.9 Å². The van der Waals surface area contributed by atoms with Crippen molar-refractivity contribution in [2.45, 2.75) is 25.4 Å². The number of nitrogens with one attached hydrogen (secondary N) is 1. The first-order valence-corrected chi connectivity index (χ1v) is 10.9. The number of aromatic nitrogens is 1. The van der Waals surface area contributed by atoms with Gasteiger partial charge in [0.2, 0.25) is 5.56 Å². The van der Waals surface area contributed by atoms with Gasteiger partial charge in [-0.3, -0.25) is 9.59 Å². The first kappa shape index (κ1) is 24.9. The summed E-state index contributed by atoms with van der Waals surface area (Å²) in [6, 6.07) is 18.1. The van der Waals surface area contributed by atoms with Crippen LogP contribution in [0.4, 0.5) is 0 Å². The van der Waals surface area contributed by atoms with Crippen molar-refractivity contribution in [3.05, 3.63) is 105 Å². The van der Waals surface area contributed by atoms with Crippen LogP contribution < -0.4 is 10.9 Å². The number of aryl methyl sites for hydroxylation is 2. The minimum Gasteiger partial charge on any atom is -0.411 e. The Morgan fingerprint density at radius 3 is 2.35 bits per heavy atom. The van der Waals surface area contributed by atoms with E-state index in [0.29, 0.717) is 23.3 Å². The van der Waals surface area contributed by atoms with E-state index in [2.05, 4.69) is 10.5 Å². The molecule has 0 radical (unpaired) electrons. The highest BCUT2D eigenvalue weighted by atomic mass is 16.4. The molecule has 4 N–H and O–H groups in total. The van der Waals surface area contributed by atoms with E-state index < -0.39 is 12.7 Å². The molecular formula is C26H29N3O5. The van der Waals surface area contributed by atoms with Crippen molar-refractivity contribution in [3.8, 4) is 0 Å². The zero-order valence-electron chi connectivity index (χ0n) is 19.2. The zero-order valence-corrected chi connectivity index (χ0v) is 19.2. The Balaban J connectivity index is 1.92. The molecule has 1 unspecified atom stereocenters. The number of rotatable bonds is 9. The number of aliphatic hydroxyl groups is 2. The summed E-state index contributed by atoms with van der Waals surface area (Å²) < 4.78 is 1.43. The van der Waals surface area contributed by atoms with Crippen molar-refractivity contribution >= 4 is 11.6 Å². The van der Waals surface area contributed by atoms with Crippen LogP contribution in [0.5, 0.6) is 0 Å². The van der Waals surface area contributed by atoms with Gasteiger partial charge >= 0.3 is 0 Å². The number of hydrogen-bond acceptors (Lipinski definition) is 6. The average Bonchev–Trinajstić information content (AvgIpc) is 2.85. The van der Waals surface area contributed by atoms with Crippen LogP contribution >= 0.6 is 0 Å². The molecule has 34 heavy (non-hydrogen) atoms. The monoisotopic (exact) mass is 463 g/mol. The summed E-state index contributed by atoms with van der Waals surface area (Å²) in [5.41, 5.74) is 4.39. The molecule has 8 heteroatoms. The molecule has 0 saturated carbocycles. The molecule has 1 aromatic heterocycles. The summed E-state index contributed by atoms with van der Waals surface area (Å²) in [6.45, 7) is 1.54. The fraction of sp³-hybridized carbons (Fsp3) is 0.269. The Morgan fingerprint density at radius 2 is 1.74 bits per heavy atom. The van der Waals surface area contributed by atoms with Crippen LogP contribution in [-0.2, 0) is 7.05 Å². The second-order valence-corrected chi connectivity index (χ2v) is 8.20. The summed E-state index contributed by atoms with van der Waals surface area (Å²) >= 11 is 0. The van der Waals surface area contributed by atoms with Gasteiger partial charge in [0.25, 0.3) is 5.91 Å². The van der Waals surface area contributed by atoms with Crippen LogP contribution in [-0.4, -0.2) is 50.9 Å². The molecule has 0 aliphatic heterocycles. The second kappa shape index (κ2) is 11.4. The average molecular weight is 464 g/mol. The summed E-state index contributed by atoms with van der Waals surface area (Å²) in [4.78, 5) is 24.1. The summed E-state index contributed by atoms with van der Waals surface area (Å²) in [7, 11) is 1.64. The van der Waals surface area contributed by atoms with Gasteiger partial charge in [-0.05, 0) is 41.8 Å². The maximum Gasteiger partial charge on any atom is 0.251 e. The number of carbonyl (C=O) groups excluding carboxylic acids is 1. The SMILES string of the molecule is Cc1ccccc1C(C/C(=N\O)c1ccc(=O)n(C)c1)c1ccc(C(=O)NC[C@@H](O)CO)cc1. The third-order valence-electron chi connectivity index (χ3n) is 5.79. The van der Waals surface area contributed by atoms with Crippen molar-refractivity contribution < 1.29 is 20.2 Å². The van der Waals surface area contributed by atoms with E-state index in [1.165, 1.54) is 10.6 Å². The first-order valence-electron chi connectivity index (χ1n) is 10.9. The lowest BCUT2D eigenvalue weighted by Crippen LogP contribution is -2.33. The van der Waals surface area contributed by atoms with Gasteiger partial charge < -0.3 is 25.3 Å². The predicted octanol–water partition coefficient (Wildman–Crippen LogP) is 2.18. The van der Waals surface area contributed by atoms with Gasteiger partial charge in [-0.25, -0.2) is 0 Å². The van der Waals surface area contributed by atoms with Gasteiger partial charge in [0, 0.05) is 49.3 Å². The molecule has 0 spiro atoms. The maximum atomic E-state index is 12.4. The second-order valence-electron chi connectivity index (χ2n) is 8.20. The number of oxime groups is 1. The summed E-state index contributed by atoms with van der Waals surface area (Å²) in [6.07, 6.45) is 0.997. The number of benzene rings is 2. The molecule has 0 aliphatic carbocycles. The van der Waals surface area contributed by atoms with Crippen LogP contribution in [0.3, 0.4) is 0 Å². The Hall–Kier alpha value is -3.75. The quantitative estimate of drug-likeness (QED) is 0.220. The van der Waals surface area contributed by atoms with Crippen molar-refractivity contribution in [2.75, 3.05) is 13.2 Å². The van der Waals surface area contributed by atoms with E-state index in [0.717, 1.165) is 16.7 Å². The molecule has 1 amide bonds. The molecule has 2 atom stereocenters. The van der Waals surface area contributed by atoms with Gasteiger partial charge in [-0.2, -0.15) is 0 Å². The largest absolute Gasteiger partial charge is 0.411 e. The summed E-state index contributed by atoms with van der Waals surface area (Å²) in [5, 5.41) is 34.3. The van der Waals surface area contributed by atoms with E-state index >= 15 is 0 Å². The van der Waals surface area contributed by atoms with Crippen LogP contribution in [0.2, 0.25) is 0 Å². The maximum absolute atomic E-state index is 12.4. The Morgan fingerprint density at radius 1 is 1.06 bits per heavy atom. The molecule has 1 heterocycles. The number of hydrogen-bond donors (Lipinski definition) is 4. The van der Waals surface area contributed by atoms with E-state index in [4.69, 9.17) is 5.11 Å². The van der Waals surface area contributed by atoms with Gasteiger partial charge in [-0.1, -0.05) is 41.6 Å². The highest BCUT2D eigenvalue weighted by molar-refractivity contribution is 6.00. The molecule has 0 saturated heterocycles. The molecule has 0 bridgehead atoms. The number of amides is 1. The smallest absolute Gasteiger partial charge is 0.251 e. The number of aliphatic hydroxyl groups excluding tert-OH is 2. The lowest BCUT2D eigenvalue weighted by Gasteiger charge is -2.21. The Labute approximate surface area is 197 Å².